The molecule has 0 unspecified atom stereocenters. The van der Waals surface area contributed by atoms with Crippen molar-refractivity contribution in [3.8, 4) is 11.5 Å². The molecule has 2 N–H and O–H groups in total. The normalized spacial score (nSPS) is 18.2. The fourth-order valence-corrected chi connectivity index (χ4v) is 4.63. The number of aliphatic hydroxyl groups is 1. The van der Waals surface area contributed by atoms with Gasteiger partial charge in [0.1, 0.15) is 6.61 Å². The number of unbranched alkanes of at least 4 members (excludes halogenated alkanes) is 1. The van der Waals surface area contributed by atoms with Gasteiger partial charge in [0.2, 0.25) is 5.91 Å². The van der Waals surface area contributed by atoms with Crippen LogP contribution in [0.4, 0.5) is 5.69 Å². The Balaban J connectivity index is 1.56. The molecule has 1 amide bonds. The highest BCUT2D eigenvalue weighted by Gasteiger charge is 2.22. The first kappa shape index (κ1) is 24.1. The van der Waals surface area contributed by atoms with Gasteiger partial charge in [-0.2, -0.15) is 0 Å². The molecule has 174 valence electrons. The molecule has 0 spiro atoms. The van der Waals surface area contributed by atoms with Gasteiger partial charge in [0.25, 0.3) is 0 Å². The lowest BCUT2D eigenvalue weighted by Gasteiger charge is -2.29. The van der Waals surface area contributed by atoms with Crippen molar-refractivity contribution in [1.29, 1.82) is 0 Å². The van der Waals surface area contributed by atoms with Crippen molar-refractivity contribution in [3.63, 3.8) is 0 Å². The number of ether oxygens (including phenoxy) is 2. The zero-order valence-electron chi connectivity index (χ0n) is 19.4. The second-order valence-electron chi connectivity index (χ2n) is 8.77. The highest BCUT2D eigenvalue weighted by atomic mass is 16.5. The third kappa shape index (κ3) is 6.99. The fraction of sp³-hybridized carbons (Fsp3) is 0.519. The van der Waals surface area contributed by atoms with Gasteiger partial charge in [-0.15, -0.1) is 0 Å². The molecule has 5 heteroatoms. The summed E-state index contributed by atoms with van der Waals surface area (Å²) < 4.78 is 10.8. The maximum absolute atomic E-state index is 12.7. The monoisotopic (exact) mass is 439 g/mol. The summed E-state index contributed by atoms with van der Waals surface area (Å²) in [6.07, 6.45) is 9.40. The number of hydrogen-bond acceptors (Lipinski definition) is 4. The predicted molar refractivity (Wildman–Crippen MR) is 129 cm³/mol. The van der Waals surface area contributed by atoms with Gasteiger partial charge < -0.3 is 19.9 Å². The first-order valence-electron chi connectivity index (χ1n) is 11.9. The molecular weight excluding hydrogens is 402 g/mol. The van der Waals surface area contributed by atoms with Gasteiger partial charge in [-0.05, 0) is 72.9 Å². The highest BCUT2D eigenvalue weighted by Crippen LogP contribution is 2.38. The SMILES string of the molecule is CCCCC1CCC(c2cccc(NC(=O)Cc3ccc(OCCO)c(OC)c3)c2)CC1. The van der Waals surface area contributed by atoms with Crippen LogP contribution >= 0.6 is 0 Å². The molecule has 0 aliphatic heterocycles. The fourth-order valence-electron chi connectivity index (χ4n) is 4.63. The second kappa shape index (κ2) is 12.5. The minimum atomic E-state index is -0.0628. The van der Waals surface area contributed by atoms with E-state index in [2.05, 4.69) is 24.4 Å². The molecule has 0 aromatic heterocycles. The molecule has 0 saturated heterocycles. The van der Waals surface area contributed by atoms with Crippen LogP contribution in [0, 0.1) is 5.92 Å². The van der Waals surface area contributed by atoms with Crippen LogP contribution in [0.15, 0.2) is 42.5 Å². The van der Waals surface area contributed by atoms with E-state index in [1.807, 2.05) is 18.2 Å². The van der Waals surface area contributed by atoms with E-state index in [1.54, 1.807) is 19.2 Å². The van der Waals surface area contributed by atoms with Crippen LogP contribution in [0.2, 0.25) is 0 Å². The molecule has 1 fully saturated rings. The maximum Gasteiger partial charge on any atom is 0.228 e. The van der Waals surface area contributed by atoms with E-state index in [1.165, 1.54) is 50.5 Å². The molecule has 0 atom stereocenters. The van der Waals surface area contributed by atoms with Crippen LogP contribution in [-0.4, -0.2) is 31.3 Å². The van der Waals surface area contributed by atoms with E-state index in [4.69, 9.17) is 14.6 Å². The number of methoxy groups -OCH3 is 1. The lowest BCUT2D eigenvalue weighted by Crippen LogP contribution is -2.16. The summed E-state index contributed by atoms with van der Waals surface area (Å²) in [5.74, 6) is 2.55. The predicted octanol–water partition coefficient (Wildman–Crippen LogP) is 5.71. The molecule has 3 rings (SSSR count). The Morgan fingerprint density at radius 1 is 1.09 bits per heavy atom. The molecule has 1 aliphatic carbocycles. The Labute approximate surface area is 192 Å². The van der Waals surface area contributed by atoms with Crippen molar-refractivity contribution in [2.45, 2.75) is 64.2 Å². The van der Waals surface area contributed by atoms with Crippen LogP contribution < -0.4 is 14.8 Å². The summed E-state index contributed by atoms with van der Waals surface area (Å²) in [5, 5.41) is 12.0. The number of carbonyl (C=O) groups is 1. The van der Waals surface area contributed by atoms with E-state index >= 15 is 0 Å². The molecular formula is C27H37NO4. The van der Waals surface area contributed by atoms with Crippen LogP contribution in [0.1, 0.15) is 68.9 Å². The number of hydrogen-bond donors (Lipinski definition) is 2. The lowest BCUT2D eigenvalue weighted by molar-refractivity contribution is -0.115. The van der Waals surface area contributed by atoms with Crippen molar-refractivity contribution in [2.24, 2.45) is 5.92 Å². The molecule has 1 aliphatic rings. The minimum absolute atomic E-state index is 0.0588. The maximum atomic E-state index is 12.7. The Kier molecular flexibility index (Phi) is 9.42. The van der Waals surface area contributed by atoms with E-state index in [9.17, 15) is 4.79 Å². The Morgan fingerprint density at radius 2 is 1.91 bits per heavy atom. The quantitative estimate of drug-likeness (QED) is 0.470. The summed E-state index contributed by atoms with van der Waals surface area (Å²) in [6, 6.07) is 13.8. The lowest BCUT2D eigenvalue weighted by atomic mass is 9.77. The topological polar surface area (TPSA) is 67.8 Å². The Morgan fingerprint density at radius 3 is 2.62 bits per heavy atom. The van der Waals surface area contributed by atoms with Gasteiger partial charge in [-0.3, -0.25) is 4.79 Å². The molecule has 0 heterocycles. The smallest absolute Gasteiger partial charge is 0.228 e. The van der Waals surface area contributed by atoms with Crippen LogP contribution in [0.3, 0.4) is 0 Å². The average molecular weight is 440 g/mol. The molecule has 0 bridgehead atoms. The minimum Gasteiger partial charge on any atom is -0.493 e. The first-order valence-corrected chi connectivity index (χ1v) is 11.9. The largest absolute Gasteiger partial charge is 0.493 e. The summed E-state index contributed by atoms with van der Waals surface area (Å²) in [4.78, 5) is 12.7. The van der Waals surface area contributed by atoms with E-state index < -0.39 is 0 Å². The Hall–Kier alpha value is -2.53. The average Bonchev–Trinajstić information content (AvgIpc) is 2.82. The molecule has 2 aromatic rings. The van der Waals surface area contributed by atoms with Crippen molar-refractivity contribution >= 4 is 11.6 Å². The summed E-state index contributed by atoms with van der Waals surface area (Å²) in [5.41, 5.74) is 3.04. The molecule has 2 aromatic carbocycles. The number of nitrogens with one attached hydrogen (secondary N) is 1. The van der Waals surface area contributed by atoms with E-state index in [0.29, 0.717) is 17.4 Å². The van der Waals surface area contributed by atoms with Gasteiger partial charge in [0.15, 0.2) is 11.5 Å². The zero-order valence-corrected chi connectivity index (χ0v) is 19.4. The third-order valence-corrected chi connectivity index (χ3v) is 6.40. The van der Waals surface area contributed by atoms with Gasteiger partial charge >= 0.3 is 0 Å². The Bertz CT molecular complexity index is 858. The van der Waals surface area contributed by atoms with Crippen molar-refractivity contribution in [2.75, 3.05) is 25.6 Å². The zero-order chi connectivity index (χ0) is 22.8. The van der Waals surface area contributed by atoms with Gasteiger partial charge in [0, 0.05) is 5.69 Å². The number of carbonyl (C=O) groups excluding carboxylic acids is 1. The highest BCUT2D eigenvalue weighted by molar-refractivity contribution is 5.92. The first-order chi connectivity index (χ1) is 15.6. The van der Waals surface area contributed by atoms with Crippen molar-refractivity contribution in [1.82, 2.24) is 0 Å². The van der Waals surface area contributed by atoms with Crippen LogP contribution in [0.5, 0.6) is 11.5 Å². The van der Waals surface area contributed by atoms with Crippen molar-refractivity contribution in [3.05, 3.63) is 53.6 Å². The molecule has 5 nitrogen and oxygen atoms in total. The van der Waals surface area contributed by atoms with Gasteiger partial charge in [0.05, 0.1) is 20.1 Å². The number of rotatable bonds is 11. The molecule has 1 saturated carbocycles. The molecule has 0 radical (unpaired) electrons. The number of benzene rings is 2. The molecule has 32 heavy (non-hydrogen) atoms. The second-order valence-corrected chi connectivity index (χ2v) is 8.77. The van der Waals surface area contributed by atoms with E-state index in [0.717, 1.165) is 17.2 Å². The summed E-state index contributed by atoms with van der Waals surface area (Å²) in [6.45, 7) is 2.41. The summed E-state index contributed by atoms with van der Waals surface area (Å²) in [7, 11) is 1.56. The number of aliphatic hydroxyl groups excluding tert-OH is 1. The van der Waals surface area contributed by atoms with Crippen LogP contribution in [0.25, 0.3) is 0 Å². The van der Waals surface area contributed by atoms with Gasteiger partial charge in [-0.25, -0.2) is 0 Å². The third-order valence-electron chi connectivity index (χ3n) is 6.40. The number of amides is 1. The standard InChI is InChI=1S/C27H37NO4/c1-3-4-6-20-9-12-22(13-10-20)23-7-5-8-24(19-23)28-27(30)18-21-11-14-25(32-16-15-29)26(17-21)31-2/h5,7-8,11,14,17,19-20,22,29H,3-4,6,9-10,12-13,15-16,18H2,1-2H3,(H,28,30). The summed E-state index contributed by atoms with van der Waals surface area (Å²) >= 11 is 0. The van der Waals surface area contributed by atoms with Crippen molar-refractivity contribution < 1.29 is 19.4 Å². The van der Waals surface area contributed by atoms with Crippen LogP contribution in [-0.2, 0) is 11.2 Å². The number of anilines is 1. The van der Waals surface area contributed by atoms with Gasteiger partial charge in [-0.1, -0.05) is 44.4 Å². The van der Waals surface area contributed by atoms with E-state index in [-0.39, 0.29) is 25.5 Å².